The van der Waals surface area contributed by atoms with E-state index in [1.807, 2.05) is 32.0 Å². The first kappa shape index (κ1) is 23.7. The predicted molar refractivity (Wildman–Crippen MR) is 123 cm³/mol. The standard InChI is InChI=1S/C24H30BrNO5/c1-6-30-9-10-31-23(28)20-14(2)26-17-12-24(3,4)13-18(27)22(17)21(20)15-7-8-19(29-5)16(25)11-15/h7-8,11,20-21H,6,9-10,12-13H2,1-5H3/t20?,21-/m1/s1. The van der Waals surface area contributed by atoms with Gasteiger partial charge in [-0.25, -0.2) is 0 Å². The van der Waals surface area contributed by atoms with Crippen LogP contribution >= 0.6 is 15.9 Å². The molecule has 6 nitrogen and oxygen atoms in total. The minimum Gasteiger partial charge on any atom is -0.496 e. The van der Waals surface area contributed by atoms with Crippen LogP contribution < -0.4 is 4.74 Å². The second-order valence-corrected chi connectivity index (χ2v) is 9.62. The van der Waals surface area contributed by atoms with Crippen LogP contribution in [0, 0.1) is 11.3 Å². The zero-order chi connectivity index (χ0) is 22.8. The highest BCUT2D eigenvalue weighted by Gasteiger charge is 2.46. The fourth-order valence-corrected chi connectivity index (χ4v) is 4.98. The summed E-state index contributed by atoms with van der Waals surface area (Å²) in [5, 5.41) is 0. The number of carbonyl (C=O) groups excluding carboxylic acids is 2. The van der Waals surface area contributed by atoms with Crippen LogP contribution in [0.5, 0.6) is 5.75 Å². The number of rotatable bonds is 7. The van der Waals surface area contributed by atoms with Crippen LogP contribution in [0.4, 0.5) is 0 Å². The Hall–Kier alpha value is -1.99. The van der Waals surface area contributed by atoms with Gasteiger partial charge in [0, 0.05) is 35.9 Å². The van der Waals surface area contributed by atoms with Gasteiger partial charge in [0.05, 0.1) is 18.2 Å². The maximum Gasteiger partial charge on any atom is 0.315 e. The zero-order valence-corrected chi connectivity index (χ0v) is 20.4. The van der Waals surface area contributed by atoms with Crippen LogP contribution in [-0.4, -0.2) is 44.4 Å². The van der Waals surface area contributed by atoms with E-state index in [-0.39, 0.29) is 23.8 Å². The molecular weight excluding hydrogens is 462 g/mol. The Morgan fingerprint density at radius 3 is 2.65 bits per heavy atom. The quantitative estimate of drug-likeness (QED) is 0.402. The number of halogens is 1. The number of ether oxygens (including phenoxy) is 3. The molecule has 3 rings (SSSR count). The third kappa shape index (κ3) is 5.09. The van der Waals surface area contributed by atoms with E-state index in [9.17, 15) is 9.59 Å². The van der Waals surface area contributed by atoms with Gasteiger partial charge in [-0.2, -0.15) is 0 Å². The van der Waals surface area contributed by atoms with Gasteiger partial charge in [0.2, 0.25) is 0 Å². The highest BCUT2D eigenvalue weighted by atomic mass is 79.9. The Balaban J connectivity index is 2.05. The lowest BCUT2D eigenvalue weighted by atomic mass is 9.67. The van der Waals surface area contributed by atoms with E-state index < -0.39 is 11.8 Å². The maximum atomic E-state index is 13.3. The van der Waals surface area contributed by atoms with Crippen molar-refractivity contribution in [1.82, 2.24) is 0 Å². The van der Waals surface area contributed by atoms with Crippen molar-refractivity contribution in [1.29, 1.82) is 0 Å². The van der Waals surface area contributed by atoms with Crippen molar-refractivity contribution in [2.24, 2.45) is 16.3 Å². The molecule has 2 aliphatic rings. The topological polar surface area (TPSA) is 74.2 Å². The van der Waals surface area contributed by atoms with E-state index in [2.05, 4.69) is 29.8 Å². The van der Waals surface area contributed by atoms with Crippen LogP contribution in [0.1, 0.15) is 52.0 Å². The van der Waals surface area contributed by atoms with Crippen molar-refractivity contribution in [3.63, 3.8) is 0 Å². The molecule has 0 fully saturated rings. The van der Waals surface area contributed by atoms with Crippen LogP contribution in [0.3, 0.4) is 0 Å². The lowest BCUT2D eigenvalue weighted by Gasteiger charge is -2.39. The SMILES string of the molecule is CCOCCOC(=O)C1C(C)=NC2=C(C(=O)CC(C)(C)C2)[C@@H]1c1ccc(OC)c(Br)c1. The molecule has 1 aliphatic heterocycles. The molecule has 1 heterocycles. The maximum absolute atomic E-state index is 13.3. The molecule has 0 radical (unpaired) electrons. The summed E-state index contributed by atoms with van der Waals surface area (Å²) in [7, 11) is 1.60. The van der Waals surface area contributed by atoms with Gasteiger partial charge in [0.15, 0.2) is 5.78 Å². The molecule has 0 aromatic heterocycles. The second-order valence-electron chi connectivity index (χ2n) is 8.77. The number of Topliss-reactive ketones (excluding diaryl/α,β-unsaturated/α-hetero) is 1. The molecule has 1 aromatic rings. The van der Waals surface area contributed by atoms with E-state index in [1.165, 1.54) is 0 Å². The number of ketones is 1. The summed E-state index contributed by atoms with van der Waals surface area (Å²) in [4.78, 5) is 31.2. The molecule has 0 saturated carbocycles. The van der Waals surface area contributed by atoms with Crippen molar-refractivity contribution in [3.8, 4) is 5.75 Å². The molecule has 1 unspecified atom stereocenters. The number of benzene rings is 1. The number of allylic oxidation sites excluding steroid dienone is 2. The van der Waals surface area contributed by atoms with Crippen molar-refractivity contribution < 1.29 is 23.8 Å². The minimum absolute atomic E-state index is 0.0477. The molecule has 1 aromatic carbocycles. The number of methoxy groups -OCH3 is 1. The largest absolute Gasteiger partial charge is 0.496 e. The fraction of sp³-hybridized carbons (Fsp3) is 0.542. The lowest BCUT2D eigenvalue weighted by molar-refractivity contribution is -0.148. The molecule has 0 N–H and O–H groups in total. The van der Waals surface area contributed by atoms with Gasteiger partial charge < -0.3 is 14.2 Å². The number of nitrogens with zero attached hydrogens (tertiary/aromatic N) is 1. The summed E-state index contributed by atoms with van der Waals surface area (Å²) in [5.74, 6) is -0.761. The molecule has 2 atom stereocenters. The zero-order valence-electron chi connectivity index (χ0n) is 18.8. The summed E-state index contributed by atoms with van der Waals surface area (Å²) < 4.78 is 16.9. The highest BCUT2D eigenvalue weighted by Crippen LogP contribution is 2.48. The van der Waals surface area contributed by atoms with Gasteiger partial charge in [-0.05, 0) is 59.3 Å². The number of esters is 1. The van der Waals surface area contributed by atoms with Crippen LogP contribution in [-0.2, 0) is 19.1 Å². The van der Waals surface area contributed by atoms with Gasteiger partial charge in [0.25, 0.3) is 0 Å². The number of aliphatic imine (C=N–C) groups is 1. The first-order chi connectivity index (χ1) is 14.7. The van der Waals surface area contributed by atoms with Crippen LogP contribution in [0.15, 0.2) is 38.9 Å². The second kappa shape index (κ2) is 9.65. The van der Waals surface area contributed by atoms with Crippen molar-refractivity contribution in [2.45, 2.75) is 46.5 Å². The summed E-state index contributed by atoms with van der Waals surface area (Å²) in [6.07, 6.45) is 1.13. The number of hydrogen-bond acceptors (Lipinski definition) is 6. The summed E-state index contributed by atoms with van der Waals surface area (Å²) in [6.45, 7) is 8.95. The number of carbonyl (C=O) groups is 2. The Bertz CT molecular complexity index is 934. The van der Waals surface area contributed by atoms with Crippen LogP contribution in [0.25, 0.3) is 0 Å². The predicted octanol–water partition coefficient (Wildman–Crippen LogP) is 4.85. The first-order valence-electron chi connectivity index (χ1n) is 10.6. The summed E-state index contributed by atoms with van der Waals surface area (Å²) in [6, 6.07) is 5.67. The Kier molecular flexibility index (Phi) is 7.37. The number of hydrogen-bond donors (Lipinski definition) is 0. The molecule has 1 aliphatic carbocycles. The third-order valence-electron chi connectivity index (χ3n) is 5.77. The van der Waals surface area contributed by atoms with Gasteiger partial charge >= 0.3 is 5.97 Å². The molecule has 0 spiro atoms. The molecule has 0 amide bonds. The summed E-state index contributed by atoms with van der Waals surface area (Å²) in [5.41, 5.74) is 2.79. The van der Waals surface area contributed by atoms with Gasteiger partial charge in [-0.3, -0.25) is 14.6 Å². The van der Waals surface area contributed by atoms with E-state index in [0.717, 1.165) is 15.7 Å². The molecule has 7 heteroatoms. The van der Waals surface area contributed by atoms with Gasteiger partial charge in [-0.1, -0.05) is 19.9 Å². The normalized spacial score (nSPS) is 22.6. The van der Waals surface area contributed by atoms with Gasteiger partial charge in [-0.15, -0.1) is 0 Å². The average molecular weight is 492 g/mol. The molecule has 31 heavy (non-hydrogen) atoms. The molecular formula is C24H30BrNO5. The van der Waals surface area contributed by atoms with E-state index in [0.29, 0.717) is 43.1 Å². The van der Waals surface area contributed by atoms with Crippen molar-refractivity contribution in [2.75, 3.05) is 26.9 Å². The Morgan fingerprint density at radius 1 is 1.26 bits per heavy atom. The van der Waals surface area contributed by atoms with Crippen LogP contribution in [0.2, 0.25) is 0 Å². The lowest BCUT2D eigenvalue weighted by Crippen LogP contribution is -2.39. The average Bonchev–Trinajstić information content (AvgIpc) is 2.69. The monoisotopic (exact) mass is 491 g/mol. The molecule has 168 valence electrons. The van der Waals surface area contributed by atoms with Gasteiger partial charge in [0.1, 0.15) is 18.3 Å². The Morgan fingerprint density at radius 2 is 2.00 bits per heavy atom. The first-order valence-corrected chi connectivity index (χ1v) is 11.4. The third-order valence-corrected chi connectivity index (χ3v) is 6.39. The smallest absolute Gasteiger partial charge is 0.315 e. The van der Waals surface area contributed by atoms with E-state index in [1.54, 1.807) is 7.11 Å². The van der Waals surface area contributed by atoms with Crippen molar-refractivity contribution in [3.05, 3.63) is 39.5 Å². The summed E-state index contributed by atoms with van der Waals surface area (Å²) >= 11 is 3.54. The van der Waals surface area contributed by atoms with E-state index in [4.69, 9.17) is 19.2 Å². The minimum atomic E-state index is -0.661. The fourth-order valence-electron chi connectivity index (χ4n) is 4.42. The van der Waals surface area contributed by atoms with Crippen molar-refractivity contribution >= 4 is 33.4 Å². The Labute approximate surface area is 192 Å². The van der Waals surface area contributed by atoms with E-state index >= 15 is 0 Å². The molecule has 0 bridgehead atoms. The highest BCUT2D eigenvalue weighted by molar-refractivity contribution is 9.10. The molecule has 0 saturated heterocycles.